The Kier molecular flexibility index (Phi) is 2.27. The fraction of sp³-hybridized carbons (Fsp3) is 0.100. The Hall–Kier alpha value is -1.35. The molecule has 2 aromatic rings. The monoisotopic (exact) mass is 191 g/mol. The average molecular weight is 191 g/mol. The summed E-state index contributed by atoms with van der Waals surface area (Å²) in [5.41, 5.74) is 2.36. The van der Waals surface area contributed by atoms with E-state index in [0.717, 1.165) is 5.56 Å². The molecule has 0 aliphatic carbocycles. The highest BCUT2D eigenvalue weighted by atomic mass is 32.1. The molecule has 0 N–H and O–H groups in total. The summed E-state index contributed by atoms with van der Waals surface area (Å²) >= 11 is 1.69. The summed E-state index contributed by atoms with van der Waals surface area (Å²) in [4.78, 5) is 4.05. The van der Waals surface area contributed by atoms with E-state index in [1.54, 1.807) is 24.6 Å². The van der Waals surface area contributed by atoms with Gasteiger partial charge in [0, 0.05) is 12.3 Å². The standard InChI is InChI=1S/C10H9NOS/c1-12-10-6-8(2-4-11-10)9-3-5-13-7-9/h2-7H,1H3. The van der Waals surface area contributed by atoms with Crippen LogP contribution in [0.5, 0.6) is 5.88 Å². The lowest BCUT2D eigenvalue weighted by Crippen LogP contribution is -1.86. The number of hydrogen-bond acceptors (Lipinski definition) is 3. The molecule has 2 heterocycles. The number of methoxy groups -OCH3 is 1. The summed E-state index contributed by atoms with van der Waals surface area (Å²) < 4.78 is 5.05. The highest BCUT2D eigenvalue weighted by Crippen LogP contribution is 2.23. The fourth-order valence-corrected chi connectivity index (χ4v) is 1.79. The van der Waals surface area contributed by atoms with Gasteiger partial charge in [0.25, 0.3) is 0 Å². The van der Waals surface area contributed by atoms with Crippen LogP contribution in [-0.2, 0) is 0 Å². The Bertz CT molecular complexity index is 384. The summed E-state index contributed by atoms with van der Waals surface area (Å²) in [7, 11) is 1.62. The fourth-order valence-electron chi connectivity index (χ4n) is 1.13. The van der Waals surface area contributed by atoms with Gasteiger partial charge in [-0.25, -0.2) is 4.98 Å². The second-order valence-electron chi connectivity index (χ2n) is 2.60. The van der Waals surface area contributed by atoms with Crippen molar-refractivity contribution in [3.8, 4) is 17.0 Å². The summed E-state index contributed by atoms with van der Waals surface area (Å²) in [5, 5.41) is 4.16. The molecule has 0 aliphatic heterocycles. The maximum absolute atomic E-state index is 5.05. The van der Waals surface area contributed by atoms with Crippen LogP contribution in [0.2, 0.25) is 0 Å². The van der Waals surface area contributed by atoms with Gasteiger partial charge in [-0.1, -0.05) is 0 Å². The molecule has 0 fully saturated rings. The lowest BCUT2D eigenvalue weighted by Gasteiger charge is -2.00. The molecule has 0 unspecified atom stereocenters. The van der Waals surface area contributed by atoms with Crippen molar-refractivity contribution in [2.75, 3.05) is 7.11 Å². The first-order valence-corrected chi connectivity index (χ1v) is 4.87. The van der Waals surface area contributed by atoms with Crippen LogP contribution in [-0.4, -0.2) is 12.1 Å². The van der Waals surface area contributed by atoms with Gasteiger partial charge in [-0.2, -0.15) is 11.3 Å². The van der Waals surface area contributed by atoms with Crippen molar-refractivity contribution in [2.45, 2.75) is 0 Å². The molecule has 66 valence electrons. The van der Waals surface area contributed by atoms with Gasteiger partial charge in [0.15, 0.2) is 0 Å². The summed E-state index contributed by atoms with van der Waals surface area (Å²) in [6.07, 6.45) is 1.76. The molecule has 0 aromatic carbocycles. The summed E-state index contributed by atoms with van der Waals surface area (Å²) in [6.45, 7) is 0. The number of ether oxygens (including phenoxy) is 1. The van der Waals surface area contributed by atoms with Gasteiger partial charge in [0.1, 0.15) is 0 Å². The Morgan fingerprint density at radius 3 is 2.92 bits per heavy atom. The van der Waals surface area contributed by atoms with Gasteiger partial charge in [0.2, 0.25) is 5.88 Å². The second kappa shape index (κ2) is 3.58. The molecule has 0 amide bonds. The highest BCUT2D eigenvalue weighted by molar-refractivity contribution is 7.08. The predicted octanol–water partition coefficient (Wildman–Crippen LogP) is 2.82. The molecule has 0 atom stereocenters. The number of rotatable bonds is 2. The van der Waals surface area contributed by atoms with Crippen LogP contribution in [0.1, 0.15) is 0 Å². The van der Waals surface area contributed by atoms with Crippen LogP contribution in [0.25, 0.3) is 11.1 Å². The van der Waals surface area contributed by atoms with E-state index in [-0.39, 0.29) is 0 Å². The highest BCUT2D eigenvalue weighted by Gasteiger charge is 1.99. The Labute approximate surface area is 80.8 Å². The van der Waals surface area contributed by atoms with E-state index in [9.17, 15) is 0 Å². The van der Waals surface area contributed by atoms with Crippen LogP contribution >= 0.6 is 11.3 Å². The average Bonchev–Trinajstić information content (AvgIpc) is 2.71. The van der Waals surface area contributed by atoms with Crippen LogP contribution in [0.3, 0.4) is 0 Å². The molecule has 0 bridgehead atoms. The van der Waals surface area contributed by atoms with Crippen LogP contribution < -0.4 is 4.74 Å². The van der Waals surface area contributed by atoms with Crippen LogP contribution in [0, 0.1) is 0 Å². The minimum atomic E-state index is 0.656. The first-order chi connectivity index (χ1) is 6.40. The van der Waals surface area contributed by atoms with Crippen molar-refractivity contribution in [1.82, 2.24) is 4.98 Å². The van der Waals surface area contributed by atoms with Crippen molar-refractivity contribution < 1.29 is 4.74 Å². The molecule has 3 heteroatoms. The van der Waals surface area contributed by atoms with Gasteiger partial charge in [-0.3, -0.25) is 0 Å². The maximum Gasteiger partial charge on any atom is 0.213 e. The van der Waals surface area contributed by atoms with Crippen LogP contribution in [0.15, 0.2) is 35.2 Å². The Balaban J connectivity index is 2.41. The minimum absolute atomic E-state index is 0.656. The van der Waals surface area contributed by atoms with Crippen molar-refractivity contribution in [1.29, 1.82) is 0 Å². The molecule has 0 spiro atoms. The first kappa shape index (κ1) is 8.26. The largest absolute Gasteiger partial charge is 0.481 e. The van der Waals surface area contributed by atoms with E-state index >= 15 is 0 Å². The molecular weight excluding hydrogens is 182 g/mol. The SMILES string of the molecule is COc1cc(-c2ccsc2)ccn1. The zero-order valence-corrected chi connectivity index (χ0v) is 8.04. The molecule has 0 radical (unpaired) electrons. The number of pyridine rings is 1. The number of aromatic nitrogens is 1. The zero-order chi connectivity index (χ0) is 9.10. The van der Waals surface area contributed by atoms with Gasteiger partial charge in [-0.15, -0.1) is 0 Å². The number of thiophene rings is 1. The van der Waals surface area contributed by atoms with E-state index < -0.39 is 0 Å². The molecular formula is C10H9NOS. The van der Waals surface area contributed by atoms with E-state index in [2.05, 4.69) is 21.8 Å². The van der Waals surface area contributed by atoms with E-state index in [4.69, 9.17) is 4.74 Å². The zero-order valence-electron chi connectivity index (χ0n) is 7.23. The van der Waals surface area contributed by atoms with Gasteiger partial charge in [0.05, 0.1) is 7.11 Å². The topological polar surface area (TPSA) is 22.1 Å². The quantitative estimate of drug-likeness (QED) is 0.728. The van der Waals surface area contributed by atoms with Crippen molar-refractivity contribution in [2.24, 2.45) is 0 Å². The normalized spacial score (nSPS) is 9.92. The number of nitrogens with zero attached hydrogens (tertiary/aromatic N) is 1. The lowest BCUT2D eigenvalue weighted by molar-refractivity contribution is 0.398. The third-order valence-corrected chi connectivity index (χ3v) is 2.48. The van der Waals surface area contributed by atoms with E-state index in [1.165, 1.54) is 5.56 Å². The molecule has 2 nitrogen and oxygen atoms in total. The van der Waals surface area contributed by atoms with E-state index in [1.807, 2.05) is 12.1 Å². The molecule has 2 rings (SSSR count). The summed E-state index contributed by atoms with van der Waals surface area (Å²) in [6, 6.07) is 5.99. The van der Waals surface area contributed by atoms with Crippen molar-refractivity contribution >= 4 is 11.3 Å². The van der Waals surface area contributed by atoms with Crippen molar-refractivity contribution in [3.63, 3.8) is 0 Å². The Morgan fingerprint density at radius 2 is 2.23 bits per heavy atom. The van der Waals surface area contributed by atoms with Crippen LogP contribution in [0.4, 0.5) is 0 Å². The lowest BCUT2D eigenvalue weighted by atomic mass is 10.1. The molecule has 0 aliphatic rings. The van der Waals surface area contributed by atoms with Gasteiger partial charge >= 0.3 is 0 Å². The Morgan fingerprint density at radius 1 is 1.31 bits per heavy atom. The maximum atomic E-state index is 5.05. The molecule has 13 heavy (non-hydrogen) atoms. The van der Waals surface area contributed by atoms with Crippen molar-refractivity contribution in [3.05, 3.63) is 35.2 Å². The predicted molar refractivity (Wildman–Crippen MR) is 54.1 cm³/mol. The molecule has 2 aromatic heterocycles. The summed E-state index contributed by atoms with van der Waals surface area (Å²) in [5.74, 6) is 0.656. The molecule has 0 saturated heterocycles. The third kappa shape index (κ3) is 1.70. The van der Waals surface area contributed by atoms with E-state index in [0.29, 0.717) is 5.88 Å². The number of hydrogen-bond donors (Lipinski definition) is 0. The second-order valence-corrected chi connectivity index (χ2v) is 3.38. The molecule has 0 saturated carbocycles. The smallest absolute Gasteiger partial charge is 0.213 e. The third-order valence-electron chi connectivity index (χ3n) is 1.80. The van der Waals surface area contributed by atoms with Gasteiger partial charge in [-0.05, 0) is 34.0 Å². The van der Waals surface area contributed by atoms with Gasteiger partial charge < -0.3 is 4.74 Å². The minimum Gasteiger partial charge on any atom is -0.481 e. The first-order valence-electron chi connectivity index (χ1n) is 3.93.